The van der Waals surface area contributed by atoms with Gasteiger partial charge in [-0.05, 0) is 6.92 Å². The van der Waals surface area contributed by atoms with Gasteiger partial charge in [-0.2, -0.15) is 0 Å². The molecule has 0 spiro atoms. The standard InChI is InChI=1S/C7H5F4O3P/c1-2-3(8)4(9)5(10)6(11)7(2)15(12,13)14/h1H3,(H2,12,13,14). The van der Waals surface area contributed by atoms with Crippen LogP contribution in [0.2, 0.25) is 0 Å². The topological polar surface area (TPSA) is 57.5 Å². The van der Waals surface area contributed by atoms with Gasteiger partial charge in [-0.3, -0.25) is 4.57 Å². The zero-order valence-electron chi connectivity index (χ0n) is 7.26. The van der Waals surface area contributed by atoms with E-state index in [9.17, 15) is 22.1 Å². The summed E-state index contributed by atoms with van der Waals surface area (Å²) < 4.78 is 61.7. The fourth-order valence-corrected chi connectivity index (χ4v) is 1.97. The Kier molecular flexibility index (Phi) is 2.91. The smallest absolute Gasteiger partial charge is 0.321 e. The van der Waals surface area contributed by atoms with E-state index in [0.717, 1.165) is 6.92 Å². The predicted octanol–water partition coefficient (Wildman–Crippen LogP) is 1.35. The quantitative estimate of drug-likeness (QED) is 0.339. The molecule has 0 fully saturated rings. The molecule has 0 bridgehead atoms. The highest BCUT2D eigenvalue weighted by atomic mass is 31.2. The molecule has 84 valence electrons. The molecule has 0 heterocycles. The zero-order valence-corrected chi connectivity index (χ0v) is 8.16. The summed E-state index contributed by atoms with van der Waals surface area (Å²) in [5, 5.41) is -1.46. The van der Waals surface area contributed by atoms with Crippen LogP contribution in [0.15, 0.2) is 0 Å². The Balaban J connectivity index is 3.76. The van der Waals surface area contributed by atoms with Gasteiger partial charge in [0.2, 0.25) is 0 Å². The Labute approximate surface area is 81.5 Å². The average molecular weight is 244 g/mol. The van der Waals surface area contributed by atoms with Crippen molar-refractivity contribution in [2.45, 2.75) is 6.92 Å². The molecule has 8 heteroatoms. The molecule has 3 nitrogen and oxygen atoms in total. The van der Waals surface area contributed by atoms with Crippen molar-refractivity contribution in [2.24, 2.45) is 0 Å². The maximum atomic E-state index is 12.9. The molecule has 0 aliphatic carbocycles. The van der Waals surface area contributed by atoms with Crippen molar-refractivity contribution >= 4 is 12.9 Å². The van der Waals surface area contributed by atoms with E-state index >= 15 is 0 Å². The molecular weight excluding hydrogens is 239 g/mol. The highest BCUT2D eigenvalue weighted by Gasteiger charge is 2.32. The molecule has 0 aliphatic heterocycles. The minimum Gasteiger partial charge on any atom is -0.321 e. The predicted molar refractivity (Wildman–Crippen MR) is 42.7 cm³/mol. The largest absolute Gasteiger partial charge is 0.359 e. The van der Waals surface area contributed by atoms with Crippen LogP contribution in [-0.4, -0.2) is 9.79 Å². The van der Waals surface area contributed by atoms with Crippen LogP contribution in [0.4, 0.5) is 17.6 Å². The minimum absolute atomic E-state index is 0.745. The van der Waals surface area contributed by atoms with Crippen molar-refractivity contribution in [1.29, 1.82) is 0 Å². The molecular formula is C7H5F4O3P. The molecule has 0 atom stereocenters. The van der Waals surface area contributed by atoms with Crippen LogP contribution in [-0.2, 0) is 4.57 Å². The Bertz CT molecular complexity index is 439. The van der Waals surface area contributed by atoms with Crippen LogP contribution in [0, 0.1) is 30.2 Å². The molecule has 0 saturated heterocycles. The van der Waals surface area contributed by atoms with Gasteiger partial charge >= 0.3 is 7.60 Å². The number of halogens is 4. The van der Waals surface area contributed by atoms with Gasteiger partial charge in [-0.15, -0.1) is 0 Å². The van der Waals surface area contributed by atoms with Gasteiger partial charge in [0.05, 0.1) is 0 Å². The zero-order chi connectivity index (χ0) is 12.0. The summed E-state index contributed by atoms with van der Waals surface area (Å²) in [6.45, 7) is 0.745. The monoisotopic (exact) mass is 244 g/mol. The van der Waals surface area contributed by atoms with Gasteiger partial charge in [0.15, 0.2) is 23.3 Å². The molecule has 0 saturated carbocycles. The van der Waals surface area contributed by atoms with Crippen LogP contribution >= 0.6 is 7.60 Å². The number of hydrogen-bond acceptors (Lipinski definition) is 1. The van der Waals surface area contributed by atoms with Gasteiger partial charge in [-0.25, -0.2) is 17.6 Å². The van der Waals surface area contributed by atoms with Crippen LogP contribution < -0.4 is 5.30 Å². The molecule has 0 aromatic heterocycles. The third kappa shape index (κ3) is 1.90. The molecule has 1 aromatic rings. The first-order chi connectivity index (χ1) is 6.68. The van der Waals surface area contributed by atoms with Crippen molar-refractivity contribution in [3.8, 4) is 0 Å². The average Bonchev–Trinajstić information content (AvgIpc) is 2.09. The summed E-state index contributed by atoms with van der Waals surface area (Å²) in [6, 6.07) is 0. The maximum Gasteiger partial charge on any atom is 0.359 e. The molecule has 1 rings (SSSR count). The van der Waals surface area contributed by atoms with Gasteiger partial charge < -0.3 is 9.79 Å². The van der Waals surface area contributed by atoms with Crippen LogP contribution in [0.1, 0.15) is 5.56 Å². The first-order valence-electron chi connectivity index (χ1n) is 3.56. The maximum absolute atomic E-state index is 12.9. The lowest BCUT2D eigenvalue weighted by Gasteiger charge is -2.11. The first kappa shape index (κ1) is 12.2. The summed E-state index contributed by atoms with van der Waals surface area (Å²) in [5.74, 6) is -8.22. The van der Waals surface area contributed by atoms with Gasteiger partial charge in [-0.1, -0.05) is 0 Å². The Morgan fingerprint density at radius 1 is 0.933 bits per heavy atom. The van der Waals surface area contributed by atoms with Gasteiger partial charge in [0.25, 0.3) is 0 Å². The van der Waals surface area contributed by atoms with Crippen LogP contribution in [0.5, 0.6) is 0 Å². The second-order valence-electron chi connectivity index (χ2n) is 2.77. The molecule has 0 aliphatic rings. The molecule has 1 aromatic carbocycles. The van der Waals surface area contributed by atoms with Crippen molar-refractivity contribution in [3.63, 3.8) is 0 Å². The summed E-state index contributed by atoms with van der Waals surface area (Å²) in [4.78, 5) is 17.2. The minimum atomic E-state index is -5.19. The number of benzene rings is 1. The molecule has 0 radical (unpaired) electrons. The number of rotatable bonds is 1. The third-order valence-electron chi connectivity index (χ3n) is 1.76. The van der Waals surface area contributed by atoms with E-state index in [1.165, 1.54) is 0 Å². The van der Waals surface area contributed by atoms with E-state index in [2.05, 4.69) is 0 Å². The van der Waals surface area contributed by atoms with Crippen LogP contribution in [0.3, 0.4) is 0 Å². The molecule has 2 N–H and O–H groups in total. The molecule has 0 amide bonds. The second kappa shape index (κ2) is 3.59. The van der Waals surface area contributed by atoms with Gasteiger partial charge in [0.1, 0.15) is 5.30 Å². The van der Waals surface area contributed by atoms with Crippen molar-refractivity contribution in [3.05, 3.63) is 28.8 Å². The normalized spacial score (nSPS) is 11.9. The van der Waals surface area contributed by atoms with Crippen LogP contribution in [0.25, 0.3) is 0 Å². The van der Waals surface area contributed by atoms with E-state index in [0.29, 0.717) is 0 Å². The summed E-state index contributed by atoms with van der Waals surface area (Å²) >= 11 is 0. The highest BCUT2D eigenvalue weighted by Crippen LogP contribution is 2.37. The SMILES string of the molecule is Cc1c(F)c(F)c(F)c(F)c1P(=O)(O)O. The summed E-state index contributed by atoms with van der Waals surface area (Å²) in [6.07, 6.45) is 0. The Hall–Kier alpha value is -0.910. The lowest BCUT2D eigenvalue weighted by atomic mass is 10.2. The van der Waals surface area contributed by atoms with E-state index in [1.807, 2.05) is 0 Å². The van der Waals surface area contributed by atoms with E-state index in [-0.39, 0.29) is 0 Å². The highest BCUT2D eigenvalue weighted by molar-refractivity contribution is 7.60. The fourth-order valence-electron chi connectivity index (χ4n) is 1.08. The fraction of sp³-hybridized carbons (Fsp3) is 0.143. The van der Waals surface area contributed by atoms with E-state index in [4.69, 9.17) is 9.79 Å². The lowest BCUT2D eigenvalue weighted by molar-refractivity contribution is 0.377. The summed E-state index contributed by atoms with van der Waals surface area (Å²) in [5.41, 5.74) is -0.945. The Morgan fingerprint density at radius 2 is 1.33 bits per heavy atom. The van der Waals surface area contributed by atoms with Crippen molar-refractivity contribution in [1.82, 2.24) is 0 Å². The molecule has 0 unspecified atom stereocenters. The lowest BCUT2D eigenvalue weighted by Crippen LogP contribution is -2.19. The first-order valence-corrected chi connectivity index (χ1v) is 5.17. The van der Waals surface area contributed by atoms with Gasteiger partial charge in [0, 0.05) is 5.56 Å². The number of hydrogen-bond donors (Lipinski definition) is 2. The van der Waals surface area contributed by atoms with Crippen molar-refractivity contribution in [2.75, 3.05) is 0 Å². The summed E-state index contributed by atoms with van der Waals surface area (Å²) in [7, 11) is -5.19. The third-order valence-corrected chi connectivity index (χ3v) is 2.88. The van der Waals surface area contributed by atoms with E-state index in [1.54, 1.807) is 0 Å². The van der Waals surface area contributed by atoms with Crippen molar-refractivity contribution < 1.29 is 31.9 Å². The van der Waals surface area contributed by atoms with E-state index < -0.39 is 41.7 Å². The Morgan fingerprint density at radius 3 is 1.73 bits per heavy atom. The second-order valence-corrected chi connectivity index (χ2v) is 4.31. The molecule has 15 heavy (non-hydrogen) atoms.